The van der Waals surface area contributed by atoms with Crippen LogP contribution in [0.2, 0.25) is 0 Å². The van der Waals surface area contributed by atoms with E-state index in [9.17, 15) is 4.39 Å². The van der Waals surface area contributed by atoms with Crippen LogP contribution in [-0.4, -0.2) is 24.1 Å². The van der Waals surface area contributed by atoms with E-state index in [1.165, 1.54) is 49.9 Å². The monoisotopic (exact) mass is 339 g/mol. The molecule has 0 bridgehead atoms. The smallest absolute Gasteiger partial charge is 0.123 e. The van der Waals surface area contributed by atoms with Gasteiger partial charge in [0.15, 0.2) is 0 Å². The van der Waals surface area contributed by atoms with Crippen molar-refractivity contribution < 1.29 is 9.13 Å². The molecule has 0 amide bonds. The maximum Gasteiger partial charge on any atom is 0.123 e. The molecule has 25 heavy (non-hydrogen) atoms. The van der Waals surface area contributed by atoms with Gasteiger partial charge >= 0.3 is 0 Å². The van der Waals surface area contributed by atoms with E-state index in [-0.39, 0.29) is 11.9 Å². The molecule has 1 heterocycles. The molecular formula is C22H26FNO. The second-order valence-electron chi connectivity index (χ2n) is 7.50. The van der Waals surface area contributed by atoms with Crippen LogP contribution < -0.4 is 4.74 Å². The molecule has 132 valence electrons. The number of hydrogen-bond donors (Lipinski definition) is 0. The minimum Gasteiger partial charge on any atom is -0.489 e. The number of likely N-dealkylation sites (tertiary alicyclic amines) is 1. The maximum atomic E-state index is 13.2. The van der Waals surface area contributed by atoms with E-state index >= 15 is 0 Å². The SMILES string of the molecule is Fc1ccc(O[C@H]2CN(Cc3ccccc3)CC3CCCC[C@H]32)cc1. The van der Waals surface area contributed by atoms with E-state index in [1.54, 1.807) is 12.1 Å². The Kier molecular flexibility index (Phi) is 5.02. The van der Waals surface area contributed by atoms with Crippen LogP contribution in [0.25, 0.3) is 0 Å². The van der Waals surface area contributed by atoms with E-state index in [4.69, 9.17) is 4.74 Å². The molecule has 1 unspecified atom stereocenters. The van der Waals surface area contributed by atoms with Crippen molar-refractivity contribution in [3.05, 3.63) is 66.0 Å². The third kappa shape index (κ3) is 4.04. The van der Waals surface area contributed by atoms with Crippen molar-refractivity contribution in [3.8, 4) is 5.75 Å². The average molecular weight is 339 g/mol. The summed E-state index contributed by atoms with van der Waals surface area (Å²) in [6, 6.07) is 17.1. The predicted molar refractivity (Wildman–Crippen MR) is 98.0 cm³/mol. The van der Waals surface area contributed by atoms with E-state index in [2.05, 4.69) is 35.2 Å². The highest BCUT2D eigenvalue weighted by Gasteiger charge is 2.39. The number of nitrogens with zero attached hydrogens (tertiary/aromatic N) is 1. The molecule has 2 aromatic rings. The van der Waals surface area contributed by atoms with Gasteiger partial charge < -0.3 is 4.74 Å². The van der Waals surface area contributed by atoms with Gasteiger partial charge in [-0.3, -0.25) is 4.90 Å². The molecule has 3 heteroatoms. The molecule has 0 radical (unpaired) electrons. The van der Waals surface area contributed by atoms with Crippen molar-refractivity contribution in [2.45, 2.75) is 38.3 Å². The largest absolute Gasteiger partial charge is 0.489 e. The topological polar surface area (TPSA) is 12.5 Å². The lowest BCUT2D eigenvalue weighted by Crippen LogP contribution is -2.52. The van der Waals surface area contributed by atoms with Crippen LogP contribution in [-0.2, 0) is 6.54 Å². The van der Waals surface area contributed by atoms with Crippen molar-refractivity contribution >= 4 is 0 Å². The average Bonchev–Trinajstić information content (AvgIpc) is 2.64. The van der Waals surface area contributed by atoms with Gasteiger partial charge in [0.05, 0.1) is 0 Å². The summed E-state index contributed by atoms with van der Waals surface area (Å²) in [5.41, 5.74) is 1.36. The molecule has 2 nitrogen and oxygen atoms in total. The molecule has 4 rings (SSSR count). The number of benzene rings is 2. The van der Waals surface area contributed by atoms with Gasteiger partial charge in [-0.05, 0) is 48.6 Å². The van der Waals surface area contributed by atoms with Crippen LogP contribution >= 0.6 is 0 Å². The summed E-state index contributed by atoms with van der Waals surface area (Å²) in [6.07, 6.45) is 5.41. The highest BCUT2D eigenvalue weighted by Crippen LogP contribution is 2.38. The summed E-state index contributed by atoms with van der Waals surface area (Å²) in [4.78, 5) is 2.54. The molecule has 2 aliphatic rings. The van der Waals surface area contributed by atoms with Crippen LogP contribution in [0.1, 0.15) is 31.2 Å². The lowest BCUT2D eigenvalue weighted by Gasteiger charge is -2.46. The fourth-order valence-electron chi connectivity index (χ4n) is 4.53. The Morgan fingerprint density at radius 1 is 0.920 bits per heavy atom. The summed E-state index contributed by atoms with van der Waals surface area (Å²) < 4.78 is 19.5. The summed E-state index contributed by atoms with van der Waals surface area (Å²) in [5, 5.41) is 0. The first kappa shape index (κ1) is 16.6. The Hall–Kier alpha value is -1.87. The number of rotatable bonds is 4. The number of fused-ring (bicyclic) bond motifs is 1. The van der Waals surface area contributed by atoms with Crippen LogP contribution in [0.4, 0.5) is 4.39 Å². The van der Waals surface area contributed by atoms with Gasteiger partial charge in [0, 0.05) is 25.6 Å². The standard InChI is InChI=1S/C22H26FNO/c23-19-10-12-20(13-11-19)25-22-16-24(14-17-6-2-1-3-7-17)15-18-8-4-5-9-21(18)22/h1-3,6-7,10-13,18,21-22H,4-5,8-9,14-16H2/t18?,21-,22+/m1/s1. The quantitative estimate of drug-likeness (QED) is 0.786. The van der Waals surface area contributed by atoms with Gasteiger partial charge in [0.1, 0.15) is 17.7 Å². The number of piperidine rings is 1. The van der Waals surface area contributed by atoms with Crippen LogP contribution in [0, 0.1) is 17.7 Å². The minimum absolute atomic E-state index is 0.202. The van der Waals surface area contributed by atoms with Gasteiger partial charge in [-0.2, -0.15) is 0 Å². The molecule has 2 aromatic carbocycles. The van der Waals surface area contributed by atoms with E-state index in [1.807, 2.05) is 0 Å². The van der Waals surface area contributed by atoms with Gasteiger partial charge in [-0.15, -0.1) is 0 Å². The molecule has 1 aliphatic carbocycles. The van der Waals surface area contributed by atoms with Crippen molar-refractivity contribution in [3.63, 3.8) is 0 Å². The summed E-state index contributed by atoms with van der Waals surface area (Å²) >= 11 is 0. The van der Waals surface area contributed by atoms with Gasteiger partial charge in [0.2, 0.25) is 0 Å². The van der Waals surface area contributed by atoms with Crippen molar-refractivity contribution in [1.29, 1.82) is 0 Å². The van der Waals surface area contributed by atoms with Gasteiger partial charge in [-0.25, -0.2) is 4.39 Å². The zero-order chi connectivity index (χ0) is 17.1. The lowest BCUT2D eigenvalue weighted by molar-refractivity contribution is -0.0217. The van der Waals surface area contributed by atoms with Gasteiger partial charge in [-0.1, -0.05) is 43.2 Å². The summed E-state index contributed by atoms with van der Waals surface area (Å²) in [6.45, 7) is 3.10. The number of halogens is 1. The van der Waals surface area contributed by atoms with Crippen LogP contribution in [0.5, 0.6) is 5.75 Å². The highest BCUT2D eigenvalue weighted by atomic mass is 19.1. The van der Waals surface area contributed by atoms with Gasteiger partial charge in [0.25, 0.3) is 0 Å². The molecule has 1 aliphatic heterocycles. The second-order valence-corrected chi connectivity index (χ2v) is 7.50. The Morgan fingerprint density at radius 3 is 2.48 bits per heavy atom. The van der Waals surface area contributed by atoms with Crippen molar-refractivity contribution in [2.24, 2.45) is 11.8 Å². The predicted octanol–water partition coefficient (Wildman–Crippen LogP) is 4.90. The second kappa shape index (κ2) is 7.57. The first-order valence-corrected chi connectivity index (χ1v) is 9.46. The first-order valence-electron chi connectivity index (χ1n) is 9.46. The minimum atomic E-state index is -0.211. The third-order valence-corrected chi connectivity index (χ3v) is 5.73. The summed E-state index contributed by atoms with van der Waals surface area (Å²) in [5.74, 6) is 1.93. The molecule has 0 aromatic heterocycles. The Balaban J connectivity index is 1.49. The fourth-order valence-corrected chi connectivity index (χ4v) is 4.53. The van der Waals surface area contributed by atoms with E-state index in [0.717, 1.165) is 24.8 Å². The molecule has 3 atom stereocenters. The normalized spacial score (nSPS) is 26.8. The fraction of sp³-hybridized carbons (Fsp3) is 0.455. The van der Waals surface area contributed by atoms with Crippen LogP contribution in [0.15, 0.2) is 54.6 Å². The maximum absolute atomic E-state index is 13.2. The molecule has 1 saturated heterocycles. The highest BCUT2D eigenvalue weighted by molar-refractivity contribution is 5.23. The first-order chi connectivity index (χ1) is 12.3. The van der Waals surface area contributed by atoms with Crippen molar-refractivity contribution in [2.75, 3.05) is 13.1 Å². The number of hydrogen-bond acceptors (Lipinski definition) is 2. The Bertz CT molecular complexity index is 672. The third-order valence-electron chi connectivity index (χ3n) is 5.73. The summed E-state index contributed by atoms with van der Waals surface area (Å²) in [7, 11) is 0. The Labute approximate surface area is 149 Å². The van der Waals surface area contributed by atoms with E-state index in [0.29, 0.717) is 5.92 Å². The van der Waals surface area contributed by atoms with Crippen molar-refractivity contribution in [1.82, 2.24) is 4.90 Å². The molecular weight excluding hydrogens is 313 g/mol. The Morgan fingerprint density at radius 2 is 1.68 bits per heavy atom. The molecule has 0 N–H and O–H groups in total. The molecule has 1 saturated carbocycles. The zero-order valence-corrected chi connectivity index (χ0v) is 14.6. The molecule has 0 spiro atoms. The van der Waals surface area contributed by atoms with E-state index < -0.39 is 0 Å². The number of ether oxygens (including phenoxy) is 1. The lowest BCUT2D eigenvalue weighted by atomic mass is 9.73. The zero-order valence-electron chi connectivity index (χ0n) is 14.6. The van der Waals surface area contributed by atoms with Crippen LogP contribution in [0.3, 0.4) is 0 Å². The molecule has 2 fully saturated rings.